The van der Waals surface area contributed by atoms with Gasteiger partial charge in [-0.2, -0.15) is 5.26 Å². The van der Waals surface area contributed by atoms with Crippen LogP contribution in [0.25, 0.3) is 0 Å². The molecule has 2 N–H and O–H groups in total. The zero-order valence-corrected chi connectivity index (χ0v) is 14.4. The smallest absolute Gasteiger partial charge is 0.255 e. The lowest BCUT2D eigenvalue weighted by Gasteiger charge is -2.09. The van der Waals surface area contributed by atoms with Crippen LogP contribution in [0.15, 0.2) is 66.9 Å². The summed E-state index contributed by atoms with van der Waals surface area (Å²) < 4.78 is 12.9. The second-order valence-corrected chi connectivity index (χ2v) is 5.84. The van der Waals surface area contributed by atoms with Crippen molar-refractivity contribution in [3.05, 3.63) is 89.4 Å². The first kappa shape index (κ1) is 18.1. The van der Waals surface area contributed by atoms with Crippen LogP contribution in [0, 0.1) is 17.1 Å². The number of halogens is 1. The minimum absolute atomic E-state index is 0.259. The van der Waals surface area contributed by atoms with Crippen LogP contribution in [0.3, 0.4) is 0 Å². The number of rotatable bonds is 6. The van der Waals surface area contributed by atoms with Crippen molar-refractivity contribution in [3.8, 4) is 6.07 Å². The van der Waals surface area contributed by atoms with Gasteiger partial charge in [0.05, 0.1) is 11.3 Å². The SMILES string of the molecule is N#Cc1ccccc1NC(=O)c1ccnc(NCCc2ccc(F)cc2)c1. The number of benzene rings is 2. The van der Waals surface area contributed by atoms with Crippen molar-refractivity contribution in [1.82, 2.24) is 4.98 Å². The number of carbonyl (C=O) groups excluding carboxylic acids is 1. The molecule has 1 heterocycles. The van der Waals surface area contributed by atoms with Gasteiger partial charge in [0.2, 0.25) is 0 Å². The van der Waals surface area contributed by atoms with Crippen molar-refractivity contribution in [2.45, 2.75) is 6.42 Å². The van der Waals surface area contributed by atoms with Gasteiger partial charge in [0.1, 0.15) is 17.7 Å². The molecule has 0 fully saturated rings. The van der Waals surface area contributed by atoms with E-state index in [0.717, 1.165) is 5.56 Å². The van der Waals surface area contributed by atoms with Crippen molar-refractivity contribution < 1.29 is 9.18 Å². The van der Waals surface area contributed by atoms with Gasteiger partial charge in [-0.25, -0.2) is 9.37 Å². The molecule has 1 amide bonds. The molecule has 0 aliphatic heterocycles. The summed E-state index contributed by atoms with van der Waals surface area (Å²) in [5.41, 5.74) is 2.30. The molecule has 0 bridgehead atoms. The summed E-state index contributed by atoms with van der Waals surface area (Å²) in [6, 6.07) is 18.5. The van der Waals surface area contributed by atoms with Gasteiger partial charge in [-0.05, 0) is 48.4 Å². The Kier molecular flexibility index (Phi) is 5.75. The van der Waals surface area contributed by atoms with Gasteiger partial charge in [0, 0.05) is 18.3 Å². The minimum atomic E-state index is -0.318. The summed E-state index contributed by atoms with van der Waals surface area (Å²) in [5, 5.41) is 15.0. The fourth-order valence-corrected chi connectivity index (χ4v) is 2.54. The first-order valence-electron chi connectivity index (χ1n) is 8.40. The summed E-state index contributed by atoms with van der Waals surface area (Å²) >= 11 is 0. The number of nitriles is 1. The molecule has 0 spiro atoms. The van der Waals surface area contributed by atoms with E-state index in [2.05, 4.69) is 15.6 Å². The van der Waals surface area contributed by atoms with Crippen LogP contribution in [-0.2, 0) is 6.42 Å². The van der Waals surface area contributed by atoms with E-state index >= 15 is 0 Å². The fourth-order valence-electron chi connectivity index (χ4n) is 2.54. The van der Waals surface area contributed by atoms with Crippen molar-refractivity contribution in [3.63, 3.8) is 0 Å². The second kappa shape index (κ2) is 8.59. The average molecular weight is 360 g/mol. The molecule has 0 atom stereocenters. The third-order valence-electron chi connectivity index (χ3n) is 3.95. The molecule has 0 saturated carbocycles. The van der Waals surface area contributed by atoms with E-state index in [0.29, 0.717) is 35.6 Å². The van der Waals surface area contributed by atoms with Gasteiger partial charge in [-0.1, -0.05) is 24.3 Å². The van der Waals surface area contributed by atoms with E-state index in [-0.39, 0.29) is 11.7 Å². The van der Waals surface area contributed by atoms with Gasteiger partial charge in [0.15, 0.2) is 0 Å². The second-order valence-electron chi connectivity index (χ2n) is 5.84. The molecule has 2 aromatic carbocycles. The summed E-state index contributed by atoms with van der Waals surface area (Å²) in [6.45, 7) is 0.598. The van der Waals surface area contributed by atoms with Gasteiger partial charge in [0.25, 0.3) is 5.91 Å². The highest BCUT2D eigenvalue weighted by molar-refractivity contribution is 6.05. The first-order valence-corrected chi connectivity index (χ1v) is 8.40. The number of anilines is 2. The van der Waals surface area contributed by atoms with E-state index in [9.17, 15) is 9.18 Å². The normalized spacial score (nSPS) is 10.1. The largest absolute Gasteiger partial charge is 0.370 e. The number of nitrogens with zero attached hydrogens (tertiary/aromatic N) is 2. The van der Waals surface area contributed by atoms with Gasteiger partial charge in [-0.3, -0.25) is 4.79 Å². The molecule has 27 heavy (non-hydrogen) atoms. The van der Waals surface area contributed by atoms with Crippen molar-refractivity contribution in [1.29, 1.82) is 5.26 Å². The van der Waals surface area contributed by atoms with E-state index in [1.54, 1.807) is 54.7 Å². The monoisotopic (exact) mass is 360 g/mol. The van der Waals surface area contributed by atoms with E-state index in [1.165, 1.54) is 12.1 Å². The number of carbonyl (C=O) groups is 1. The number of para-hydroxylation sites is 1. The molecular weight excluding hydrogens is 343 g/mol. The summed E-state index contributed by atoms with van der Waals surface area (Å²) in [6.07, 6.45) is 2.25. The number of aromatic nitrogens is 1. The number of nitrogens with one attached hydrogen (secondary N) is 2. The molecular formula is C21H17FN4O. The molecule has 0 aliphatic rings. The topological polar surface area (TPSA) is 77.8 Å². The van der Waals surface area contributed by atoms with Crippen molar-refractivity contribution in [2.24, 2.45) is 0 Å². The van der Waals surface area contributed by atoms with Crippen LogP contribution in [0.4, 0.5) is 15.9 Å². The average Bonchev–Trinajstić information content (AvgIpc) is 2.70. The molecule has 3 rings (SSSR count). The zero-order chi connectivity index (χ0) is 19.1. The highest BCUT2D eigenvalue weighted by Gasteiger charge is 2.10. The highest BCUT2D eigenvalue weighted by Crippen LogP contribution is 2.16. The Morgan fingerprint density at radius 1 is 1.11 bits per heavy atom. The van der Waals surface area contributed by atoms with Crippen LogP contribution in [0.5, 0.6) is 0 Å². The Morgan fingerprint density at radius 2 is 1.89 bits per heavy atom. The lowest BCUT2D eigenvalue weighted by molar-refractivity contribution is 0.102. The van der Waals surface area contributed by atoms with E-state index < -0.39 is 0 Å². The Balaban J connectivity index is 1.62. The van der Waals surface area contributed by atoms with Crippen molar-refractivity contribution in [2.75, 3.05) is 17.2 Å². The Morgan fingerprint density at radius 3 is 2.67 bits per heavy atom. The van der Waals surface area contributed by atoms with Gasteiger partial charge in [-0.15, -0.1) is 0 Å². The summed E-state index contributed by atoms with van der Waals surface area (Å²) in [4.78, 5) is 16.7. The van der Waals surface area contributed by atoms with Crippen LogP contribution in [0.2, 0.25) is 0 Å². The number of hydrogen-bond acceptors (Lipinski definition) is 4. The molecule has 3 aromatic rings. The maximum atomic E-state index is 12.9. The minimum Gasteiger partial charge on any atom is -0.370 e. The lowest BCUT2D eigenvalue weighted by Crippen LogP contribution is -2.14. The predicted molar refractivity (Wildman–Crippen MR) is 102 cm³/mol. The van der Waals surface area contributed by atoms with Crippen molar-refractivity contribution >= 4 is 17.4 Å². The standard InChI is InChI=1S/C21H17FN4O/c22-18-7-5-15(6-8-18)9-11-24-20-13-16(10-12-25-20)21(27)26-19-4-2-1-3-17(19)14-23/h1-8,10,12-13H,9,11H2,(H,24,25)(H,26,27). The maximum absolute atomic E-state index is 12.9. The van der Waals surface area contributed by atoms with Gasteiger partial charge >= 0.3 is 0 Å². The Bertz CT molecular complexity index is 980. The van der Waals surface area contributed by atoms with Crippen LogP contribution < -0.4 is 10.6 Å². The molecule has 1 aromatic heterocycles. The maximum Gasteiger partial charge on any atom is 0.255 e. The predicted octanol–water partition coefficient (Wildman–Crippen LogP) is 4.00. The highest BCUT2D eigenvalue weighted by atomic mass is 19.1. The molecule has 0 unspecified atom stereocenters. The van der Waals surface area contributed by atoms with Crippen LogP contribution in [-0.4, -0.2) is 17.4 Å². The quantitative estimate of drug-likeness (QED) is 0.696. The van der Waals surface area contributed by atoms with Crippen LogP contribution >= 0.6 is 0 Å². The van der Waals surface area contributed by atoms with Crippen LogP contribution in [0.1, 0.15) is 21.5 Å². The zero-order valence-electron chi connectivity index (χ0n) is 14.4. The Hall–Kier alpha value is -3.72. The number of hydrogen-bond donors (Lipinski definition) is 2. The third-order valence-corrected chi connectivity index (χ3v) is 3.95. The number of amides is 1. The molecule has 6 heteroatoms. The molecule has 134 valence electrons. The molecule has 0 radical (unpaired) electrons. The first-order chi connectivity index (χ1) is 13.2. The number of pyridine rings is 1. The molecule has 5 nitrogen and oxygen atoms in total. The third kappa shape index (κ3) is 4.89. The summed E-state index contributed by atoms with van der Waals surface area (Å²) in [7, 11) is 0. The van der Waals surface area contributed by atoms with Gasteiger partial charge < -0.3 is 10.6 Å². The molecule has 0 saturated heterocycles. The summed E-state index contributed by atoms with van der Waals surface area (Å²) in [5.74, 6) is -0.00919. The molecule has 0 aliphatic carbocycles. The van der Waals surface area contributed by atoms with E-state index in [4.69, 9.17) is 5.26 Å². The fraction of sp³-hybridized carbons (Fsp3) is 0.0952. The Labute approximate surface area is 156 Å². The van der Waals surface area contributed by atoms with E-state index in [1.807, 2.05) is 6.07 Å². The lowest BCUT2D eigenvalue weighted by atomic mass is 10.1.